The lowest BCUT2D eigenvalue weighted by atomic mass is 9.92. The van der Waals surface area contributed by atoms with Crippen LogP contribution >= 0.6 is 0 Å². The second-order valence-electron chi connectivity index (χ2n) is 9.55. The minimum Gasteiger partial charge on any atom is -0.192 e. The number of hydrogen-bond acceptors (Lipinski definition) is 2. The smallest absolute Gasteiger partial charge is 0.101 e. The minimum atomic E-state index is 0.550. The molecule has 0 saturated carbocycles. The van der Waals surface area contributed by atoms with Gasteiger partial charge in [-0.05, 0) is 48.9 Å². The van der Waals surface area contributed by atoms with E-state index in [1.165, 1.54) is 127 Å². The molecule has 1 rings (SSSR count). The average molecular weight is 437 g/mol. The first-order chi connectivity index (χ1) is 15.8. The zero-order valence-corrected chi connectivity index (χ0v) is 21.2. The second kappa shape index (κ2) is 19.9. The lowest BCUT2D eigenvalue weighted by Crippen LogP contribution is -1.99. The van der Waals surface area contributed by atoms with Crippen LogP contribution in [0.3, 0.4) is 0 Å². The van der Waals surface area contributed by atoms with Gasteiger partial charge in [0.25, 0.3) is 0 Å². The first kappa shape index (κ1) is 28.2. The Morgan fingerprint density at radius 3 is 1.03 bits per heavy atom. The molecule has 0 heterocycles. The molecule has 0 bridgehead atoms. The van der Waals surface area contributed by atoms with Gasteiger partial charge in [0.2, 0.25) is 0 Å². The molecule has 0 spiro atoms. The predicted molar refractivity (Wildman–Crippen MR) is 138 cm³/mol. The fraction of sp³-hybridized carbons (Fsp3) is 0.733. The number of nitrogens with zero attached hydrogens (tertiary/aromatic N) is 2. The number of rotatable bonds is 20. The second-order valence-corrected chi connectivity index (χ2v) is 9.55. The Morgan fingerprint density at radius 1 is 0.469 bits per heavy atom. The molecule has 0 aliphatic carbocycles. The van der Waals surface area contributed by atoms with Gasteiger partial charge in [-0.2, -0.15) is 10.5 Å². The van der Waals surface area contributed by atoms with Gasteiger partial charge < -0.3 is 0 Å². The maximum Gasteiger partial charge on any atom is 0.101 e. The third-order valence-electron chi connectivity index (χ3n) is 6.68. The van der Waals surface area contributed by atoms with Crippen molar-refractivity contribution in [1.29, 1.82) is 10.5 Å². The van der Waals surface area contributed by atoms with Crippen molar-refractivity contribution in [3.8, 4) is 12.1 Å². The lowest BCUT2D eigenvalue weighted by Gasteiger charge is -2.12. The Hall–Kier alpha value is -1.80. The van der Waals surface area contributed by atoms with E-state index in [2.05, 4.69) is 26.0 Å². The van der Waals surface area contributed by atoms with Crippen LogP contribution in [0.1, 0.15) is 152 Å². The predicted octanol–water partition coefficient (Wildman–Crippen LogP) is 9.58. The monoisotopic (exact) mass is 436 g/mol. The summed E-state index contributed by atoms with van der Waals surface area (Å²) < 4.78 is 0. The van der Waals surface area contributed by atoms with Gasteiger partial charge in [0.1, 0.15) is 12.1 Å². The Labute approximate surface area is 199 Å². The molecule has 0 unspecified atom stereocenters. The van der Waals surface area contributed by atoms with E-state index in [1.807, 2.05) is 12.1 Å². The zero-order valence-electron chi connectivity index (χ0n) is 21.2. The fourth-order valence-corrected chi connectivity index (χ4v) is 4.59. The summed E-state index contributed by atoms with van der Waals surface area (Å²) in [6.07, 6.45) is 26.0. The van der Waals surface area contributed by atoms with Crippen LogP contribution in [0.5, 0.6) is 0 Å². The van der Waals surface area contributed by atoms with Gasteiger partial charge in [-0.1, -0.05) is 117 Å². The summed E-state index contributed by atoms with van der Waals surface area (Å²) in [5, 5.41) is 18.9. The van der Waals surface area contributed by atoms with Gasteiger partial charge in [0, 0.05) is 0 Å². The van der Waals surface area contributed by atoms with E-state index in [0.29, 0.717) is 11.1 Å². The fourth-order valence-electron chi connectivity index (χ4n) is 4.59. The first-order valence-corrected chi connectivity index (χ1v) is 13.7. The van der Waals surface area contributed by atoms with Crippen LogP contribution in [0.25, 0.3) is 0 Å². The van der Waals surface area contributed by atoms with Crippen molar-refractivity contribution in [2.24, 2.45) is 0 Å². The molecule has 0 aliphatic rings. The summed E-state index contributed by atoms with van der Waals surface area (Å²) in [5.41, 5.74) is 3.72. The number of aryl methyl sites for hydroxylation is 2. The first-order valence-electron chi connectivity index (χ1n) is 13.7. The zero-order chi connectivity index (χ0) is 23.3. The topological polar surface area (TPSA) is 47.6 Å². The largest absolute Gasteiger partial charge is 0.192 e. The summed E-state index contributed by atoms with van der Waals surface area (Å²) in [5.74, 6) is 0. The van der Waals surface area contributed by atoms with Gasteiger partial charge in [-0.3, -0.25) is 0 Å². The van der Waals surface area contributed by atoms with Crippen molar-refractivity contribution in [2.45, 2.75) is 142 Å². The number of nitriles is 2. The molecule has 0 amide bonds. The normalized spacial score (nSPS) is 10.8. The molecule has 0 saturated heterocycles. The Kier molecular flexibility index (Phi) is 17.5. The number of benzene rings is 1. The van der Waals surface area contributed by atoms with Crippen LogP contribution in [0.15, 0.2) is 12.1 Å². The molecule has 0 atom stereocenters. The third kappa shape index (κ3) is 12.9. The van der Waals surface area contributed by atoms with Crippen molar-refractivity contribution in [1.82, 2.24) is 0 Å². The maximum absolute atomic E-state index is 9.44. The summed E-state index contributed by atoms with van der Waals surface area (Å²) >= 11 is 0. The summed E-state index contributed by atoms with van der Waals surface area (Å²) in [4.78, 5) is 0. The Balaban J connectivity index is 2.41. The van der Waals surface area contributed by atoms with Crippen LogP contribution < -0.4 is 0 Å². The van der Waals surface area contributed by atoms with Gasteiger partial charge in [-0.25, -0.2) is 0 Å². The molecule has 178 valence electrons. The highest BCUT2D eigenvalue weighted by Crippen LogP contribution is 2.22. The van der Waals surface area contributed by atoms with Gasteiger partial charge in [-0.15, -0.1) is 0 Å². The standard InChI is InChI=1S/C30H48N2/c1-3-5-7-9-11-13-15-17-19-21-27-23-29(25-31)30(26-32)24-28(27)22-20-18-16-14-12-10-8-6-4-2/h23-24H,3-22H2,1-2H3. The third-order valence-corrected chi connectivity index (χ3v) is 6.68. The maximum atomic E-state index is 9.44. The molecule has 1 aromatic rings. The Morgan fingerprint density at radius 2 is 0.750 bits per heavy atom. The molecule has 0 radical (unpaired) electrons. The highest BCUT2D eigenvalue weighted by Gasteiger charge is 2.10. The molecule has 0 aliphatic heterocycles. The average Bonchev–Trinajstić information content (AvgIpc) is 2.82. The molecule has 2 nitrogen and oxygen atoms in total. The highest BCUT2D eigenvalue weighted by molar-refractivity contribution is 5.50. The van der Waals surface area contributed by atoms with Crippen molar-refractivity contribution < 1.29 is 0 Å². The minimum absolute atomic E-state index is 0.550. The number of hydrogen-bond donors (Lipinski definition) is 0. The molecule has 1 aromatic carbocycles. The van der Waals surface area contributed by atoms with E-state index in [1.54, 1.807) is 0 Å². The van der Waals surface area contributed by atoms with Crippen LogP contribution in [0.4, 0.5) is 0 Å². The summed E-state index contributed by atoms with van der Waals surface area (Å²) in [6, 6.07) is 8.48. The molecule has 0 N–H and O–H groups in total. The van der Waals surface area contributed by atoms with Crippen molar-refractivity contribution in [2.75, 3.05) is 0 Å². The van der Waals surface area contributed by atoms with Gasteiger partial charge in [0.05, 0.1) is 11.1 Å². The SMILES string of the molecule is CCCCCCCCCCCc1cc(C#N)c(C#N)cc1CCCCCCCCCCC. The van der Waals surface area contributed by atoms with E-state index in [4.69, 9.17) is 0 Å². The Bertz CT molecular complexity index is 618. The van der Waals surface area contributed by atoms with Crippen LogP contribution in [-0.4, -0.2) is 0 Å². The van der Waals surface area contributed by atoms with Crippen LogP contribution in [0.2, 0.25) is 0 Å². The highest BCUT2D eigenvalue weighted by atomic mass is 14.3. The van der Waals surface area contributed by atoms with Crippen molar-refractivity contribution in [3.63, 3.8) is 0 Å². The molecule has 32 heavy (non-hydrogen) atoms. The van der Waals surface area contributed by atoms with E-state index < -0.39 is 0 Å². The molecule has 0 aromatic heterocycles. The van der Waals surface area contributed by atoms with Gasteiger partial charge in [0.15, 0.2) is 0 Å². The van der Waals surface area contributed by atoms with E-state index in [0.717, 1.165) is 12.8 Å². The molecule has 0 fully saturated rings. The van der Waals surface area contributed by atoms with Crippen molar-refractivity contribution in [3.05, 3.63) is 34.4 Å². The molecular weight excluding hydrogens is 388 g/mol. The molecule has 2 heteroatoms. The van der Waals surface area contributed by atoms with E-state index in [-0.39, 0.29) is 0 Å². The van der Waals surface area contributed by atoms with Gasteiger partial charge >= 0.3 is 0 Å². The van der Waals surface area contributed by atoms with Crippen LogP contribution in [0, 0.1) is 22.7 Å². The van der Waals surface area contributed by atoms with E-state index in [9.17, 15) is 10.5 Å². The summed E-state index contributed by atoms with van der Waals surface area (Å²) in [7, 11) is 0. The van der Waals surface area contributed by atoms with E-state index >= 15 is 0 Å². The molecular formula is C30H48N2. The van der Waals surface area contributed by atoms with Crippen molar-refractivity contribution >= 4 is 0 Å². The summed E-state index contributed by atoms with van der Waals surface area (Å²) in [6.45, 7) is 4.54. The quantitative estimate of drug-likeness (QED) is 0.191. The van der Waals surface area contributed by atoms with Crippen LogP contribution in [-0.2, 0) is 12.8 Å². The lowest BCUT2D eigenvalue weighted by molar-refractivity contribution is 0.561. The number of unbranched alkanes of at least 4 members (excludes halogenated alkanes) is 16.